The molecule has 1 saturated heterocycles. The van der Waals surface area contributed by atoms with Crippen molar-refractivity contribution in [2.45, 2.75) is 0 Å². The number of benzene rings is 3. The quantitative estimate of drug-likeness (QED) is 0.399. The van der Waals surface area contributed by atoms with E-state index in [-0.39, 0.29) is 5.24 Å². The normalized spacial score (nSPS) is 15.7. The van der Waals surface area contributed by atoms with Gasteiger partial charge in [-0.1, -0.05) is 48.5 Å². The van der Waals surface area contributed by atoms with Gasteiger partial charge in [0, 0.05) is 17.3 Å². The molecule has 0 atom stereocenters. The first kappa shape index (κ1) is 20.8. The largest absolute Gasteiger partial charge is 0.497 e. The Morgan fingerprint density at radius 2 is 1.67 bits per heavy atom. The van der Waals surface area contributed by atoms with Gasteiger partial charge >= 0.3 is 0 Å². The van der Waals surface area contributed by atoms with E-state index in [1.54, 1.807) is 7.11 Å². The molecule has 0 unspecified atom stereocenters. The number of amidine groups is 1. The van der Waals surface area contributed by atoms with E-state index in [0.29, 0.717) is 5.84 Å². The second-order valence-corrected chi connectivity index (χ2v) is 8.28. The predicted molar refractivity (Wildman–Crippen MR) is 133 cm³/mol. The number of hydrogen-bond donors (Lipinski definition) is 1. The molecule has 5 rings (SSSR count). The highest BCUT2D eigenvalue weighted by atomic mass is 32.2. The molecule has 1 aliphatic heterocycles. The summed E-state index contributed by atoms with van der Waals surface area (Å²) in [5.41, 5.74) is 4.40. The number of aromatic nitrogens is 2. The number of hydrogen-bond acceptors (Lipinski definition) is 5. The average Bonchev–Trinajstić information content (AvgIpc) is 3.44. The van der Waals surface area contributed by atoms with Crippen molar-refractivity contribution in [2.24, 2.45) is 4.99 Å². The number of thioether (sulfide) groups is 1. The van der Waals surface area contributed by atoms with E-state index in [0.717, 1.165) is 50.6 Å². The van der Waals surface area contributed by atoms with E-state index in [1.807, 2.05) is 102 Å². The lowest BCUT2D eigenvalue weighted by Gasteiger charge is -2.02. The lowest BCUT2D eigenvalue weighted by atomic mass is 10.1. The van der Waals surface area contributed by atoms with Gasteiger partial charge in [-0.25, -0.2) is 9.67 Å². The summed E-state index contributed by atoms with van der Waals surface area (Å²) >= 11 is 1.12. The molecule has 0 aliphatic carbocycles. The lowest BCUT2D eigenvalue weighted by molar-refractivity contribution is 0.265. The third-order valence-electron chi connectivity index (χ3n) is 5.07. The zero-order valence-corrected chi connectivity index (χ0v) is 18.6. The molecule has 0 saturated carbocycles. The molecule has 4 aromatic rings. The molecule has 162 valence electrons. The van der Waals surface area contributed by atoms with Crippen LogP contribution in [0.25, 0.3) is 23.0 Å². The van der Waals surface area contributed by atoms with Crippen LogP contribution in [0.3, 0.4) is 0 Å². The number of rotatable bonds is 5. The van der Waals surface area contributed by atoms with Crippen LogP contribution in [0, 0.1) is 0 Å². The first-order valence-corrected chi connectivity index (χ1v) is 11.2. The van der Waals surface area contributed by atoms with Crippen LogP contribution in [0.1, 0.15) is 5.56 Å². The molecule has 1 amide bonds. The Hall–Kier alpha value is -4.10. The Bertz CT molecular complexity index is 1340. The van der Waals surface area contributed by atoms with Gasteiger partial charge in [-0.3, -0.25) is 4.79 Å². The number of nitrogens with zero attached hydrogens (tertiary/aromatic N) is 3. The second-order valence-electron chi connectivity index (χ2n) is 7.26. The topological polar surface area (TPSA) is 68.5 Å². The first-order chi connectivity index (χ1) is 16.2. The third kappa shape index (κ3) is 4.58. The molecule has 3 aromatic carbocycles. The number of carbonyl (C=O) groups is 1. The van der Waals surface area contributed by atoms with Gasteiger partial charge in [-0.15, -0.1) is 0 Å². The Morgan fingerprint density at radius 1 is 0.970 bits per heavy atom. The van der Waals surface area contributed by atoms with Crippen LogP contribution < -0.4 is 10.1 Å². The summed E-state index contributed by atoms with van der Waals surface area (Å²) in [6.45, 7) is 0. The molecule has 0 spiro atoms. The van der Waals surface area contributed by atoms with Crippen LogP contribution in [-0.2, 0) is 0 Å². The lowest BCUT2D eigenvalue weighted by Crippen LogP contribution is -2.18. The summed E-state index contributed by atoms with van der Waals surface area (Å²) in [7, 11) is 1.62. The molecule has 2 heterocycles. The molecule has 1 fully saturated rings. The van der Waals surface area contributed by atoms with Gasteiger partial charge in [0.15, 0.2) is 0 Å². The highest BCUT2D eigenvalue weighted by Gasteiger charge is 2.24. The van der Waals surface area contributed by atoms with Crippen molar-refractivity contribution in [1.29, 1.82) is 0 Å². The highest BCUT2D eigenvalue weighted by Crippen LogP contribution is 2.32. The molecular formula is C26H20N4O2S. The summed E-state index contributed by atoms with van der Waals surface area (Å²) in [5.74, 6) is 1.27. The standard InChI is InChI=1S/C26H20N4O2S/c1-32-22-14-12-20(13-15-22)27-25-23(33-26(31)28-25)16-19-17-30(21-10-6-3-7-11-21)29-24(19)18-8-4-2-5-9-18/h2-17H,1H3,(H,27,28,31)/b23-16-. The maximum atomic E-state index is 12.2. The summed E-state index contributed by atoms with van der Waals surface area (Å²) in [6, 6.07) is 27.3. The van der Waals surface area contributed by atoms with E-state index in [2.05, 4.69) is 10.3 Å². The molecule has 1 aromatic heterocycles. The van der Waals surface area contributed by atoms with Crippen LogP contribution in [-0.4, -0.2) is 28.0 Å². The van der Waals surface area contributed by atoms with Crippen molar-refractivity contribution in [3.63, 3.8) is 0 Å². The minimum Gasteiger partial charge on any atom is -0.497 e. The number of methoxy groups -OCH3 is 1. The summed E-state index contributed by atoms with van der Waals surface area (Å²) in [6.07, 6.45) is 3.93. The van der Waals surface area contributed by atoms with Crippen molar-refractivity contribution in [1.82, 2.24) is 15.1 Å². The average molecular weight is 453 g/mol. The zero-order chi connectivity index (χ0) is 22.6. The molecular weight excluding hydrogens is 432 g/mol. The number of para-hydroxylation sites is 1. The van der Waals surface area contributed by atoms with Gasteiger partial charge in [0.1, 0.15) is 11.6 Å². The smallest absolute Gasteiger partial charge is 0.289 e. The fraction of sp³-hybridized carbons (Fsp3) is 0.0385. The van der Waals surface area contributed by atoms with E-state index in [4.69, 9.17) is 9.84 Å². The molecule has 0 radical (unpaired) electrons. The molecule has 7 heteroatoms. The van der Waals surface area contributed by atoms with Gasteiger partial charge < -0.3 is 10.1 Å². The summed E-state index contributed by atoms with van der Waals surface area (Å²) in [4.78, 5) is 17.6. The Balaban J connectivity index is 1.58. The second kappa shape index (κ2) is 9.18. The van der Waals surface area contributed by atoms with Gasteiger partial charge in [0.25, 0.3) is 5.24 Å². The third-order valence-corrected chi connectivity index (χ3v) is 5.89. The van der Waals surface area contributed by atoms with E-state index in [1.165, 1.54) is 0 Å². The maximum absolute atomic E-state index is 12.2. The number of amides is 1. The first-order valence-electron chi connectivity index (χ1n) is 10.3. The summed E-state index contributed by atoms with van der Waals surface area (Å²) in [5, 5.41) is 7.53. The van der Waals surface area contributed by atoms with Gasteiger partial charge in [-0.2, -0.15) is 5.10 Å². The van der Waals surface area contributed by atoms with Crippen LogP contribution in [0.2, 0.25) is 0 Å². The Labute approximate surface area is 195 Å². The van der Waals surface area contributed by atoms with Crippen molar-refractivity contribution in [3.05, 3.63) is 102 Å². The molecule has 33 heavy (non-hydrogen) atoms. The highest BCUT2D eigenvalue weighted by molar-refractivity contribution is 8.18. The molecule has 0 bridgehead atoms. The van der Waals surface area contributed by atoms with Gasteiger partial charge in [0.2, 0.25) is 0 Å². The van der Waals surface area contributed by atoms with Gasteiger partial charge in [0.05, 0.1) is 29.1 Å². The number of nitrogens with one attached hydrogen (secondary N) is 1. The Kier molecular flexibility index (Phi) is 5.78. The van der Waals surface area contributed by atoms with E-state index >= 15 is 0 Å². The minimum absolute atomic E-state index is 0.162. The predicted octanol–water partition coefficient (Wildman–Crippen LogP) is 6.08. The minimum atomic E-state index is -0.162. The SMILES string of the molecule is COc1ccc(N=C2NC(=O)S/C2=C\c2cn(-c3ccccc3)nc2-c2ccccc2)cc1. The van der Waals surface area contributed by atoms with Crippen LogP contribution in [0.4, 0.5) is 10.5 Å². The maximum Gasteiger partial charge on any atom is 0.289 e. The Morgan fingerprint density at radius 3 is 2.36 bits per heavy atom. The van der Waals surface area contributed by atoms with Crippen LogP contribution >= 0.6 is 11.8 Å². The number of aliphatic imine (C=N–C) groups is 1. The van der Waals surface area contributed by atoms with Crippen LogP contribution in [0.5, 0.6) is 5.75 Å². The summed E-state index contributed by atoms with van der Waals surface area (Å²) < 4.78 is 7.06. The number of ether oxygens (including phenoxy) is 1. The fourth-order valence-corrected chi connectivity index (χ4v) is 4.19. The van der Waals surface area contributed by atoms with E-state index < -0.39 is 0 Å². The van der Waals surface area contributed by atoms with Crippen molar-refractivity contribution >= 4 is 34.6 Å². The van der Waals surface area contributed by atoms with Crippen molar-refractivity contribution in [2.75, 3.05) is 7.11 Å². The number of carbonyl (C=O) groups excluding carboxylic acids is 1. The van der Waals surface area contributed by atoms with Crippen LogP contribution in [0.15, 0.2) is 101 Å². The molecule has 6 nitrogen and oxygen atoms in total. The molecule has 1 aliphatic rings. The molecule has 1 N–H and O–H groups in total. The van der Waals surface area contributed by atoms with Crippen molar-refractivity contribution in [3.8, 4) is 22.7 Å². The van der Waals surface area contributed by atoms with E-state index in [9.17, 15) is 4.79 Å². The van der Waals surface area contributed by atoms with Crippen molar-refractivity contribution < 1.29 is 9.53 Å². The van der Waals surface area contributed by atoms with Gasteiger partial charge in [-0.05, 0) is 54.2 Å². The zero-order valence-electron chi connectivity index (χ0n) is 17.8. The fourth-order valence-electron chi connectivity index (χ4n) is 3.47. The monoisotopic (exact) mass is 452 g/mol.